The van der Waals surface area contributed by atoms with Crippen LogP contribution in [0, 0.1) is 6.92 Å². The van der Waals surface area contributed by atoms with E-state index in [1.54, 1.807) is 11.3 Å². The third kappa shape index (κ3) is 4.84. The number of nitrogens with zero attached hydrogens (tertiary/aromatic N) is 1. The first-order chi connectivity index (χ1) is 8.52. The normalized spacial score (nSPS) is 13.9. The van der Waals surface area contributed by atoms with E-state index in [-0.39, 0.29) is 12.1 Å². The van der Waals surface area contributed by atoms with Crippen LogP contribution in [0.15, 0.2) is 23.1 Å². The van der Waals surface area contributed by atoms with Gasteiger partial charge in [0.2, 0.25) is 0 Å². The van der Waals surface area contributed by atoms with Crippen LogP contribution >= 0.6 is 11.3 Å². The third-order valence-corrected chi connectivity index (χ3v) is 3.21. The predicted octanol–water partition coefficient (Wildman–Crippen LogP) is 3.75. The summed E-state index contributed by atoms with van der Waals surface area (Å²) in [5.74, 6) is -0.258. The maximum Gasteiger partial charge on any atom is 0.303 e. The maximum atomic E-state index is 11.1. The van der Waals surface area contributed by atoms with Gasteiger partial charge in [-0.05, 0) is 32.4 Å². The third-order valence-electron chi connectivity index (χ3n) is 2.41. The fraction of sp³-hybridized carbons (Fsp3) is 0.429. The number of allylic oxidation sites excluding steroid dienone is 1. The molecule has 1 aromatic heterocycles. The van der Waals surface area contributed by atoms with E-state index in [4.69, 9.17) is 4.74 Å². The lowest BCUT2D eigenvalue weighted by molar-refractivity contribution is -0.144. The monoisotopic (exact) mass is 265 g/mol. The van der Waals surface area contributed by atoms with Crippen LogP contribution in [0.25, 0.3) is 6.08 Å². The van der Waals surface area contributed by atoms with Crippen molar-refractivity contribution in [3.05, 3.63) is 33.8 Å². The first-order valence-corrected chi connectivity index (χ1v) is 6.79. The molecule has 0 N–H and O–H groups in total. The second-order valence-corrected chi connectivity index (χ2v) is 5.14. The Morgan fingerprint density at radius 3 is 2.78 bits per heavy atom. The summed E-state index contributed by atoms with van der Waals surface area (Å²) in [4.78, 5) is 15.5. The van der Waals surface area contributed by atoms with E-state index in [1.165, 1.54) is 6.92 Å². The molecule has 0 radical (unpaired) electrons. The summed E-state index contributed by atoms with van der Waals surface area (Å²) in [6.45, 7) is 7.32. The van der Waals surface area contributed by atoms with Crippen LogP contribution < -0.4 is 0 Å². The standard InChI is InChI=1S/C14H19NO2S/c1-5-6-7-14(17-12(4)16)10(2)8-13-9-18-11(3)15-13/h5-6,8-9,14H,7H2,1-4H3/t14-/m0/s1. The highest BCUT2D eigenvalue weighted by Crippen LogP contribution is 2.17. The summed E-state index contributed by atoms with van der Waals surface area (Å²) in [6.07, 6.45) is 6.41. The molecule has 0 bridgehead atoms. The highest BCUT2D eigenvalue weighted by atomic mass is 32.1. The highest BCUT2D eigenvalue weighted by molar-refractivity contribution is 7.09. The van der Waals surface area contributed by atoms with E-state index in [0.717, 1.165) is 16.3 Å². The first-order valence-electron chi connectivity index (χ1n) is 5.91. The topological polar surface area (TPSA) is 39.2 Å². The minimum absolute atomic E-state index is 0.208. The van der Waals surface area contributed by atoms with E-state index in [0.29, 0.717) is 6.42 Å². The maximum absolute atomic E-state index is 11.1. The molecule has 0 saturated heterocycles. The van der Waals surface area contributed by atoms with Crippen molar-refractivity contribution < 1.29 is 9.53 Å². The van der Waals surface area contributed by atoms with Gasteiger partial charge in [0.15, 0.2) is 0 Å². The second-order valence-electron chi connectivity index (χ2n) is 4.08. The number of aryl methyl sites for hydroxylation is 1. The van der Waals surface area contributed by atoms with E-state index < -0.39 is 0 Å². The zero-order valence-corrected chi connectivity index (χ0v) is 12.1. The Morgan fingerprint density at radius 2 is 2.28 bits per heavy atom. The first kappa shape index (κ1) is 14.6. The molecular weight excluding hydrogens is 246 g/mol. The molecule has 18 heavy (non-hydrogen) atoms. The van der Waals surface area contributed by atoms with Crippen molar-refractivity contribution in [2.24, 2.45) is 0 Å². The average molecular weight is 265 g/mol. The van der Waals surface area contributed by atoms with Gasteiger partial charge in [-0.2, -0.15) is 0 Å². The Labute approximate surface area is 112 Å². The van der Waals surface area contributed by atoms with Crippen molar-refractivity contribution >= 4 is 23.4 Å². The molecule has 3 nitrogen and oxygen atoms in total. The fourth-order valence-corrected chi connectivity index (χ4v) is 2.13. The Kier molecular flexibility index (Phi) is 5.78. The largest absolute Gasteiger partial charge is 0.458 e. The van der Waals surface area contributed by atoms with Crippen molar-refractivity contribution in [3.8, 4) is 0 Å². The molecule has 1 heterocycles. The Bertz CT molecular complexity index is 460. The average Bonchev–Trinajstić information content (AvgIpc) is 2.69. The molecule has 0 aromatic carbocycles. The van der Waals surface area contributed by atoms with Gasteiger partial charge < -0.3 is 4.74 Å². The lowest BCUT2D eigenvalue weighted by Gasteiger charge is -2.15. The summed E-state index contributed by atoms with van der Waals surface area (Å²) in [5, 5.41) is 3.03. The summed E-state index contributed by atoms with van der Waals surface area (Å²) in [7, 11) is 0. The summed E-state index contributed by atoms with van der Waals surface area (Å²) >= 11 is 1.61. The van der Waals surface area contributed by atoms with E-state index >= 15 is 0 Å². The van der Waals surface area contributed by atoms with Crippen molar-refractivity contribution in [2.45, 2.75) is 40.2 Å². The summed E-state index contributed by atoms with van der Waals surface area (Å²) in [5.41, 5.74) is 1.93. The van der Waals surface area contributed by atoms with E-state index in [9.17, 15) is 4.79 Å². The predicted molar refractivity (Wildman–Crippen MR) is 75.5 cm³/mol. The van der Waals surface area contributed by atoms with Crippen molar-refractivity contribution in [1.82, 2.24) is 4.98 Å². The lowest BCUT2D eigenvalue weighted by Crippen LogP contribution is -2.16. The molecule has 1 rings (SSSR count). The van der Waals surface area contributed by atoms with Gasteiger partial charge >= 0.3 is 5.97 Å². The van der Waals surface area contributed by atoms with Gasteiger partial charge in [0.25, 0.3) is 0 Å². The van der Waals surface area contributed by atoms with Crippen LogP contribution in [0.3, 0.4) is 0 Å². The molecule has 0 aliphatic carbocycles. The Balaban J connectivity index is 2.82. The number of carbonyl (C=O) groups is 1. The Morgan fingerprint density at radius 1 is 1.56 bits per heavy atom. The number of carbonyl (C=O) groups excluding carboxylic acids is 1. The lowest BCUT2D eigenvalue weighted by atomic mass is 10.1. The highest BCUT2D eigenvalue weighted by Gasteiger charge is 2.13. The molecule has 1 atom stereocenters. The van der Waals surface area contributed by atoms with Gasteiger partial charge in [0, 0.05) is 18.7 Å². The van der Waals surface area contributed by atoms with Gasteiger partial charge in [-0.1, -0.05) is 12.2 Å². The summed E-state index contributed by atoms with van der Waals surface area (Å²) in [6, 6.07) is 0. The molecule has 0 aliphatic heterocycles. The minimum atomic E-state index is -0.258. The summed E-state index contributed by atoms with van der Waals surface area (Å²) < 4.78 is 5.31. The van der Waals surface area contributed by atoms with E-state index in [1.807, 2.05) is 44.4 Å². The second kappa shape index (κ2) is 7.11. The zero-order valence-electron chi connectivity index (χ0n) is 11.3. The van der Waals surface area contributed by atoms with Crippen LogP contribution in [0.5, 0.6) is 0 Å². The zero-order chi connectivity index (χ0) is 13.5. The van der Waals surface area contributed by atoms with Crippen LogP contribution in [0.2, 0.25) is 0 Å². The van der Waals surface area contributed by atoms with E-state index in [2.05, 4.69) is 4.98 Å². The fourth-order valence-electron chi connectivity index (χ4n) is 1.56. The number of rotatable bonds is 5. The van der Waals surface area contributed by atoms with Crippen molar-refractivity contribution in [2.75, 3.05) is 0 Å². The molecule has 1 aromatic rings. The quantitative estimate of drug-likeness (QED) is 0.601. The molecular formula is C14H19NO2S. The number of ether oxygens (including phenoxy) is 1. The number of aromatic nitrogens is 1. The molecule has 98 valence electrons. The van der Waals surface area contributed by atoms with Crippen molar-refractivity contribution in [3.63, 3.8) is 0 Å². The van der Waals surface area contributed by atoms with Crippen molar-refractivity contribution in [1.29, 1.82) is 0 Å². The molecule has 0 amide bonds. The van der Waals surface area contributed by atoms with Gasteiger partial charge in [-0.15, -0.1) is 11.3 Å². The minimum Gasteiger partial charge on any atom is -0.458 e. The van der Waals surface area contributed by atoms with Crippen LogP contribution in [0.1, 0.15) is 37.9 Å². The SMILES string of the molecule is CC=CC[C@H](OC(C)=O)C(C)=Cc1csc(C)n1. The molecule has 0 unspecified atom stereocenters. The smallest absolute Gasteiger partial charge is 0.303 e. The van der Waals surface area contributed by atoms with Crippen LogP contribution in [-0.4, -0.2) is 17.1 Å². The van der Waals surface area contributed by atoms with Crippen LogP contribution in [0.4, 0.5) is 0 Å². The van der Waals surface area contributed by atoms with Gasteiger partial charge in [-0.25, -0.2) is 4.98 Å². The molecule has 0 aliphatic rings. The number of thiazole rings is 1. The number of hydrogen-bond acceptors (Lipinski definition) is 4. The molecule has 4 heteroatoms. The number of hydrogen-bond donors (Lipinski definition) is 0. The number of esters is 1. The Hall–Kier alpha value is -1.42. The molecule has 0 saturated carbocycles. The molecule has 0 spiro atoms. The van der Waals surface area contributed by atoms with Crippen LogP contribution in [-0.2, 0) is 9.53 Å². The molecule has 0 fully saturated rings. The van der Waals surface area contributed by atoms with Gasteiger partial charge in [0.1, 0.15) is 6.10 Å². The van der Waals surface area contributed by atoms with Gasteiger partial charge in [0.05, 0.1) is 10.7 Å². The van der Waals surface area contributed by atoms with Gasteiger partial charge in [-0.3, -0.25) is 4.79 Å².